The molecule has 1 aliphatic rings. The molecule has 2 aromatic carbocycles. The fourth-order valence-electron chi connectivity index (χ4n) is 2.75. The Kier molecular flexibility index (Phi) is 4.92. The highest BCUT2D eigenvalue weighted by atomic mass is 19.1. The Bertz CT molecular complexity index is 780. The van der Waals surface area contributed by atoms with Gasteiger partial charge in [-0.05, 0) is 42.8 Å². The van der Waals surface area contributed by atoms with Crippen molar-refractivity contribution < 1.29 is 18.4 Å². The van der Waals surface area contributed by atoms with Crippen molar-refractivity contribution in [1.29, 1.82) is 0 Å². The number of urea groups is 1. The summed E-state index contributed by atoms with van der Waals surface area (Å²) < 4.78 is 26.6. The van der Waals surface area contributed by atoms with Crippen LogP contribution in [-0.4, -0.2) is 36.0 Å². The van der Waals surface area contributed by atoms with Crippen molar-refractivity contribution in [3.63, 3.8) is 0 Å². The van der Waals surface area contributed by atoms with Crippen LogP contribution >= 0.6 is 0 Å². The molecule has 1 saturated heterocycles. The average molecular weight is 345 g/mol. The number of benzene rings is 2. The van der Waals surface area contributed by atoms with E-state index >= 15 is 0 Å². The van der Waals surface area contributed by atoms with E-state index in [1.165, 1.54) is 47.4 Å². The zero-order valence-electron chi connectivity index (χ0n) is 13.3. The topological polar surface area (TPSA) is 61.4 Å². The summed E-state index contributed by atoms with van der Waals surface area (Å²) in [7, 11) is 0. The molecule has 1 atom stereocenters. The van der Waals surface area contributed by atoms with E-state index in [4.69, 9.17) is 0 Å². The summed E-state index contributed by atoms with van der Waals surface area (Å²) >= 11 is 0. The average Bonchev–Trinajstić information content (AvgIpc) is 3.05. The van der Waals surface area contributed by atoms with Gasteiger partial charge in [0, 0.05) is 24.8 Å². The van der Waals surface area contributed by atoms with Gasteiger partial charge < -0.3 is 15.5 Å². The van der Waals surface area contributed by atoms with E-state index in [9.17, 15) is 18.4 Å². The van der Waals surface area contributed by atoms with Crippen molar-refractivity contribution >= 4 is 17.6 Å². The Morgan fingerprint density at radius 3 is 2.48 bits per heavy atom. The molecule has 0 bridgehead atoms. The lowest BCUT2D eigenvalue weighted by atomic mass is 10.2. The zero-order chi connectivity index (χ0) is 17.8. The molecule has 1 unspecified atom stereocenters. The highest BCUT2D eigenvalue weighted by molar-refractivity contribution is 5.95. The minimum Gasteiger partial charge on any atom is -0.336 e. The molecule has 1 aliphatic heterocycles. The van der Waals surface area contributed by atoms with Crippen molar-refractivity contribution in [3.05, 3.63) is 65.7 Å². The molecule has 25 heavy (non-hydrogen) atoms. The first-order valence-corrected chi connectivity index (χ1v) is 7.90. The molecule has 5 nitrogen and oxygen atoms in total. The van der Waals surface area contributed by atoms with Gasteiger partial charge in [-0.1, -0.05) is 12.1 Å². The summed E-state index contributed by atoms with van der Waals surface area (Å²) in [6.07, 6.45) is 0.580. The first-order chi connectivity index (χ1) is 12.0. The molecule has 130 valence electrons. The SMILES string of the molecule is O=C(Nc1ccc(F)cc1)NC1CCN(C(=O)c2ccccc2F)C1. The van der Waals surface area contributed by atoms with Crippen LogP contribution in [0.4, 0.5) is 19.3 Å². The van der Waals surface area contributed by atoms with Crippen LogP contribution in [0.15, 0.2) is 48.5 Å². The van der Waals surface area contributed by atoms with E-state index in [2.05, 4.69) is 10.6 Å². The molecule has 0 radical (unpaired) electrons. The predicted molar refractivity (Wildman–Crippen MR) is 89.3 cm³/mol. The third-order valence-electron chi connectivity index (χ3n) is 4.02. The Hall–Kier alpha value is -2.96. The fraction of sp³-hybridized carbons (Fsp3) is 0.222. The second kappa shape index (κ2) is 7.29. The second-order valence-corrected chi connectivity index (χ2v) is 5.82. The van der Waals surface area contributed by atoms with Gasteiger partial charge in [-0.2, -0.15) is 0 Å². The maximum absolute atomic E-state index is 13.7. The Morgan fingerprint density at radius 2 is 1.76 bits per heavy atom. The molecular formula is C18H17F2N3O2. The van der Waals surface area contributed by atoms with Gasteiger partial charge in [0.25, 0.3) is 5.91 Å². The third-order valence-corrected chi connectivity index (χ3v) is 4.02. The number of rotatable bonds is 3. The molecule has 0 aromatic heterocycles. The van der Waals surface area contributed by atoms with Crippen molar-refractivity contribution in [2.45, 2.75) is 12.5 Å². The Balaban J connectivity index is 1.54. The van der Waals surface area contributed by atoms with Crippen molar-refractivity contribution in [3.8, 4) is 0 Å². The molecule has 1 heterocycles. The normalized spacial score (nSPS) is 16.6. The van der Waals surface area contributed by atoms with Crippen LogP contribution in [0.3, 0.4) is 0 Å². The molecule has 3 rings (SSSR count). The number of anilines is 1. The van der Waals surface area contributed by atoms with E-state index in [1.54, 1.807) is 6.07 Å². The molecule has 2 aromatic rings. The second-order valence-electron chi connectivity index (χ2n) is 5.82. The number of hydrogen-bond donors (Lipinski definition) is 2. The lowest BCUT2D eigenvalue weighted by Gasteiger charge is -2.17. The van der Waals surface area contributed by atoms with Crippen LogP contribution in [0.25, 0.3) is 0 Å². The van der Waals surface area contributed by atoms with Crippen molar-refractivity contribution in [2.75, 3.05) is 18.4 Å². The smallest absolute Gasteiger partial charge is 0.319 e. The molecule has 0 saturated carbocycles. The quantitative estimate of drug-likeness (QED) is 0.898. The van der Waals surface area contributed by atoms with E-state index in [1.807, 2.05) is 0 Å². The number of amides is 3. The number of nitrogens with one attached hydrogen (secondary N) is 2. The van der Waals surface area contributed by atoms with Crippen LogP contribution in [0.5, 0.6) is 0 Å². The standard InChI is InChI=1S/C18H17F2N3O2/c19-12-5-7-13(8-6-12)21-18(25)22-14-9-10-23(11-14)17(24)15-3-1-2-4-16(15)20/h1-8,14H,9-11H2,(H2,21,22,25). The van der Waals surface area contributed by atoms with Gasteiger partial charge in [0.15, 0.2) is 0 Å². The number of nitrogens with zero attached hydrogens (tertiary/aromatic N) is 1. The van der Waals surface area contributed by atoms with Crippen LogP contribution in [-0.2, 0) is 0 Å². The van der Waals surface area contributed by atoms with Gasteiger partial charge in [0.2, 0.25) is 0 Å². The van der Waals surface area contributed by atoms with E-state index in [0.29, 0.717) is 25.2 Å². The van der Waals surface area contributed by atoms with Gasteiger partial charge in [0.05, 0.1) is 5.56 Å². The highest BCUT2D eigenvalue weighted by Crippen LogP contribution is 2.16. The van der Waals surface area contributed by atoms with Gasteiger partial charge in [-0.3, -0.25) is 4.79 Å². The summed E-state index contributed by atoms with van der Waals surface area (Å²) in [6.45, 7) is 0.749. The third kappa shape index (κ3) is 4.12. The maximum atomic E-state index is 13.7. The molecule has 7 heteroatoms. The monoisotopic (exact) mass is 345 g/mol. The number of hydrogen-bond acceptors (Lipinski definition) is 2. The zero-order valence-corrected chi connectivity index (χ0v) is 13.3. The summed E-state index contributed by atoms with van der Waals surface area (Å²) in [5, 5.41) is 5.36. The molecule has 2 N–H and O–H groups in total. The van der Waals surface area contributed by atoms with E-state index in [-0.39, 0.29) is 23.3 Å². The first-order valence-electron chi connectivity index (χ1n) is 7.90. The number of carbonyl (C=O) groups excluding carboxylic acids is 2. The summed E-state index contributed by atoms with van der Waals surface area (Å²) in [4.78, 5) is 25.8. The summed E-state index contributed by atoms with van der Waals surface area (Å²) in [5.74, 6) is -1.33. The minimum absolute atomic E-state index is 0.0268. The molecular weight excluding hydrogens is 328 g/mol. The van der Waals surface area contributed by atoms with Gasteiger partial charge in [-0.15, -0.1) is 0 Å². The van der Waals surface area contributed by atoms with Crippen molar-refractivity contribution in [2.24, 2.45) is 0 Å². The largest absolute Gasteiger partial charge is 0.336 e. The lowest BCUT2D eigenvalue weighted by Crippen LogP contribution is -2.40. The molecule has 3 amide bonds. The highest BCUT2D eigenvalue weighted by Gasteiger charge is 2.29. The number of likely N-dealkylation sites (tertiary alicyclic amines) is 1. The fourth-order valence-corrected chi connectivity index (χ4v) is 2.75. The summed E-state index contributed by atoms with van der Waals surface area (Å²) in [6, 6.07) is 10.6. The Morgan fingerprint density at radius 1 is 1.04 bits per heavy atom. The van der Waals surface area contributed by atoms with Crippen LogP contribution in [0.1, 0.15) is 16.8 Å². The Labute approximate surface area is 143 Å². The van der Waals surface area contributed by atoms with Gasteiger partial charge >= 0.3 is 6.03 Å². The number of carbonyl (C=O) groups is 2. The van der Waals surface area contributed by atoms with Gasteiger partial charge in [0.1, 0.15) is 11.6 Å². The predicted octanol–water partition coefficient (Wildman–Crippen LogP) is 3.00. The molecule has 1 fully saturated rings. The van der Waals surface area contributed by atoms with Crippen LogP contribution < -0.4 is 10.6 Å². The van der Waals surface area contributed by atoms with Crippen LogP contribution in [0.2, 0.25) is 0 Å². The maximum Gasteiger partial charge on any atom is 0.319 e. The van der Waals surface area contributed by atoms with E-state index in [0.717, 1.165) is 0 Å². The molecule has 0 spiro atoms. The van der Waals surface area contributed by atoms with Gasteiger partial charge in [-0.25, -0.2) is 13.6 Å². The lowest BCUT2D eigenvalue weighted by molar-refractivity contribution is 0.0785. The van der Waals surface area contributed by atoms with Crippen LogP contribution in [0, 0.1) is 11.6 Å². The van der Waals surface area contributed by atoms with Crippen molar-refractivity contribution in [1.82, 2.24) is 10.2 Å². The minimum atomic E-state index is -0.557. The molecule has 0 aliphatic carbocycles. The van der Waals surface area contributed by atoms with E-state index < -0.39 is 11.8 Å². The first kappa shape index (κ1) is 16.9. The summed E-state index contributed by atoms with van der Waals surface area (Å²) in [5.41, 5.74) is 0.495. The number of halogens is 2.